The number of aromatic nitrogens is 1. The topological polar surface area (TPSA) is 85.6 Å². The van der Waals surface area contributed by atoms with Crippen LogP contribution in [0, 0.1) is 0 Å². The first-order valence-electron chi connectivity index (χ1n) is 8.98. The van der Waals surface area contributed by atoms with E-state index in [2.05, 4.69) is 0 Å². The number of ether oxygens (including phenoxy) is 1. The summed E-state index contributed by atoms with van der Waals surface area (Å²) in [6.07, 6.45) is 2.87. The lowest BCUT2D eigenvalue weighted by molar-refractivity contribution is -0.148. The monoisotopic (exact) mass is 365 g/mol. The van der Waals surface area contributed by atoms with Gasteiger partial charge in [-0.25, -0.2) is 4.79 Å². The van der Waals surface area contributed by atoms with E-state index in [1.807, 2.05) is 36.4 Å². The van der Waals surface area contributed by atoms with E-state index in [0.29, 0.717) is 36.2 Å². The third kappa shape index (κ3) is 2.68. The highest BCUT2D eigenvalue weighted by Crippen LogP contribution is 2.38. The highest BCUT2D eigenvalue weighted by molar-refractivity contribution is 6.00. The molecule has 1 atom stereocenters. The Bertz CT molecular complexity index is 1030. The molecule has 1 unspecified atom stereocenters. The standard InChI is InChI=1S/C21H19NO5/c1-2-14-16-15(11-27-21(14)26)19(23)22-9-8-13(18(22)17(16)20(24)25)10-12-6-4-3-5-7-12/h3-7,10,14H,2,8-9,11H2,1H3,(H,24,25)/b13-10+. The van der Waals surface area contributed by atoms with Gasteiger partial charge >= 0.3 is 11.9 Å². The normalized spacial score (nSPS) is 19.5. The molecule has 6 heteroatoms. The Hall–Kier alpha value is -3.15. The number of hydrogen-bond acceptors (Lipinski definition) is 4. The van der Waals surface area contributed by atoms with Gasteiger partial charge in [-0.05, 0) is 35.6 Å². The fourth-order valence-corrected chi connectivity index (χ4v) is 4.06. The third-order valence-electron chi connectivity index (χ3n) is 5.27. The number of carboxylic acid groups (broad SMARTS) is 1. The van der Waals surface area contributed by atoms with E-state index in [4.69, 9.17) is 4.74 Å². The Morgan fingerprint density at radius 2 is 2.04 bits per heavy atom. The summed E-state index contributed by atoms with van der Waals surface area (Å²) < 4.78 is 6.66. The van der Waals surface area contributed by atoms with Crippen LogP contribution in [0.3, 0.4) is 0 Å². The molecular weight excluding hydrogens is 346 g/mol. The smallest absolute Gasteiger partial charge is 0.338 e. The van der Waals surface area contributed by atoms with Crippen LogP contribution in [0.4, 0.5) is 0 Å². The Morgan fingerprint density at radius 3 is 2.70 bits per heavy atom. The van der Waals surface area contributed by atoms with Crippen LogP contribution in [0.1, 0.15) is 58.4 Å². The molecule has 1 aromatic carbocycles. The van der Waals surface area contributed by atoms with Crippen molar-refractivity contribution >= 4 is 23.6 Å². The summed E-state index contributed by atoms with van der Waals surface area (Å²) >= 11 is 0. The molecule has 0 fully saturated rings. The fourth-order valence-electron chi connectivity index (χ4n) is 4.06. The molecule has 4 rings (SSSR count). The van der Waals surface area contributed by atoms with Crippen LogP contribution >= 0.6 is 0 Å². The number of carbonyl (C=O) groups is 2. The number of hydrogen-bond donors (Lipinski definition) is 1. The van der Waals surface area contributed by atoms with Crippen molar-refractivity contribution in [1.82, 2.24) is 4.57 Å². The zero-order valence-corrected chi connectivity index (χ0v) is 14.9. The van der Waals surface area contributed by atoms with Crippen molar-refractivity contribution in [3.63, 3.8) is 0 Å². The second-order valence-corrected chi connectivity index (χ2v) is 6.78. The molecule has 0 radical (unpaired) electrons. The van der Waals surface area contributed by atoms with Gasteiger partial charge in [0.15, 0.2) is 0 Å². The molecule has 6 nitrogen and oxygen atoms in total. The summed E-state index contributed by atoms with van der Waals surface area (Å²) in [6, 6.07) is 9.58. The average molecular weight is 365 g/mol. The first kappa shape index (κ1) is 17.3. The predicted octanol–water partition coefficient (Wildman–Crippen LogP) is 3.04. The number of cyclic esters (lactones) is 1. The zero-order valence-electron chi connectivity index (χ0n) is 14.9. The number of carbonyl (C=O) groups excluding carboxylic acids is 1. The van der Waals surface area contributed by atoms with Gasteiger partial charge in [0.05, 0.1) is 22.7 Å². The summed E-state index contributed by atoms with van der Waals surface area (Å²) in [5.74, 6) is -2.32. The molecule has 0 aliphatic carbocycles. The number of carboxylic acids is 1. The van der Waals surface area contributed by atoms with E-state index in [-0.39, 0.29) is 17.7 Å². The van der Waals surface area contributed by atoms with Crippen LogP contribution < -0.4 is 5.56 Å². The van der Waals surface area contributed by atoms with Crippen LogP contribution in [0.25, 0.3) is 11.6 Å². The van der Waals surface area contributed by atoms with Crippen LogP contribution in [0.15, 0.2) is 35.1 Å². The van der Waals surface area contributed by atoms with Gasteiger partial charge < -0.3 is 14.4 Å². The number of pyridine rings is 1. The quantitative estimate of drug-likeness (QED) is 0.845. The van der Waals surface area contributed by atoms with Crippen molar-refractivity contribution in [2.24, 2.45) is 0 Å². The van der Waals surface area contributed by atoms with Gasteiger partial charge in [0.25, 0.3) is 5.56 Å². The summed E-state index contributed by atoms with van der Waals surface area (Å²) in [4.78, 5) is 37.4. The van der Waals surface area contributed by atoms with Crippen LogP contribution in [0.5, 0.6) is 0 Å². The summed E-state index contributed by atoms with van der Waals surface area (Å²) in [5, 5.41) is 9.98. The van der Waals surface area contributed by atoms with Crippen molar-refractivity contribution in [2.75, 3.05) is 0 Å². The number of esters is 1. The molecule has 0 saturated heterocycles. The van der Waals surface area contributed by atoms with Crippen LogP contribution in [-0.4, -0.2) is 21.6 Å². The van der Waals surface area contributed by atoms with Gasteiger partial charge in [-0.2, -0.15) is 0 Å². The third-order valence-corrected chi connectivity index (χ3v) is 5.27. The van der Waals surface area contributed by atoms with Crippen molar-refractivity contribution < 1.29 is 19.4 Å². The number of nitrogens with zero attached hydrogens (tertiary/aromatic N) is 1. The molecule has 3 heterocycles. The van der Waals surface area contributed by atoms with Gasteiger partial charge in [-0.15, -0.1) is 0 Å². The van der Waals surface area contributed by atoms with Gasteiger partial charge in [-0.3, -0.25) is 9.59 Å². The highest BCUT2D eigenvalue weighted by atomic mass is 16.5. The van der Waals surface area contributed by atoms with Crippen molar-refractivity contribution in [3.05, 3.63) is 68.6 Å². The maximum absolute atomic E-state index is 13.0. The van der Waals surface area contributed by atoms with Crippen molar-refractivity contribution in [3.8, 4) is 0 Å². The molecule has 0 bridgehead atoms. The minimum atomic E-state index is -1.12. The summed E-state index contributed by atoms with van der Waals surface area (Å²) in [7, 11) is 0. The van der Waals surface area contributed by atoms with Gasteiger partial charge in [0.1, 0.15) is 6.61 Å². The first-order valence-corrected chi connectivity index (χ1v) is 8.98. The minimum absolute atomic E-state index is 0.0628. The Labute approximate surface area is 155 Å². The van der Waals surface area contributed by atoms with Gasteiger partial charge in [0.2, 0.25) is 0 Å². The molecule has 2 aromatic rings. The molecule has 1 N–H and O–H groups in total. The first-order chi connectivity index (χ1) is 13.0. The van der Waals surface area contributed by atoms with E-state index in [1.54, 1.807) is 6.92 Å². The highest BCUT2D eigenvalue weighted by Gasteiger charge is 2.39. The lowest BCUT2D eigenvalue weighted by atomic mass is 9.85. The molecule has 138 valence electrons. The number of rotatable bonds is 3. The number of fused-ring (bicyclic) bond motifs is 2. The summed E-state index contributed by atoms with van der Waals surface area (Å²) in [5.41, 5.74) is 2.59. The lowest BCUT2D eigenvalue weighted by Crippen LogP contribution is -2.35. The Morgan fingerprint density at radius 1 is 1.30 bits per heavy atom. The lowest BCUT2D eigenvalue weighted by Gasteiger charge is -2.26. The molecule has 0 spiro atoms. The summed E-state index contributed by atoms with van der Waals surface area (Å²) in [6.45, 7) is 2.05. The second-order valence-electron chi connectivity index (χ2n) is 6.78. The van der Waals surface area contributed by atoms with Gasteiger partial charge in [-0.1, -0.05) is 37.3 Å². The largest absolute Gasteiger partial charge is 0.478 e. The molecule has 0 saturated carbocycles. The molecule has 0 amide bonds. The maximum Gasteiger partial charge on any atom is 0.338 e. The predicted molar refractivity (Wildman–Crippen MR) is 99.4 cm³/mol. The van der Waals surface area contributed by atoms with E-state index in [1.165, 1.54) is 4.57 Å². The molecular formula is C21H19NO5. The molecule has 27 heavy (non-hydrogen) atoms. The fraction of sp³-hybridized carbons (Fsp3) is 0.286. The number of allylic oxidation sites excluding steroid dienone is 1. The van der Waals surface area contributed by atoms with E-state index < -0.39 is 17.9 Å². The Balaban J connectivity index is 2.03. The molecule has 1 aromatic heterocycles. The van der Waals surface area contributed by atoms with Gasteiger partial charge in [0, 0.05) is 6.54 Å². The second kappa shape index (κ2) is 6.54. The maximum atomic E-state index is 13.0. The SMILES string of the molecule is CCC1C(=O)OCc2c1c(C(=O)O)c1n(c2=O)CC/C1=C\c1ccccc1. The van der Waals surface area contributed by atoms with Crippen molar-refractivity contribution in [2.45, 2.75) is 38.8 Å². The number of aromatic carboxylic acids is 1. The molecule has 2 aliphatic rings. The van der Waals surface area contributed by atoms with Crippen LogP contribution in [0.2, 0.25) is 0 Å². The number of benzene rings is 1. The minimum Gasteiger partial charge on any atom is -0.478 e. The zero-order chi connectivity index (χ0) is 19.1. The van der Waals surface area contributed by atoms with Crippen molar-refractivity contribution in [1.29, 1.82) is 0 Å². The van der Waals surface area contributed by atoms with E-state index >= 15 is 0 Å². The Kier molecular flexibility index (Phi) is 4.18. The van der Waals surface area contributed by atoms with E-state index in [9.17, 15) is 19.5 Å². The van der Waals surface area contributed by atoms with Crippen LogP contribution in [-0.2, 0) is 22.7 Å². The van der Waals surface area contributed by atoms with E-state index in [0.717, 1.165) is 11.1 Å². The average Bonchev–Trinajstić information content (AvgIpc) is 3.06. The molecule has 2 aliphatic heterocycles.